The predicted octanol–water partition coefficient (Wildman–Crippen LogP) is 15.1. The summed E-state index contributed by atoms with van der Waals surface area (Å²) in [7, 11) is 0. The molecule has 9 aromatic carbocycles. The first-order valence-corrected chi connectivity index (χ1v) is 19.9. The number of fused-ring (bicyclic) bond motifs is 7. The Labute approximate surface area is 333 Å². The summed E-state index contributed by atoms with van der Waals surface area (Å²) >= 11 is 0. The van der Waals surface area contributed by atoms with Crippen LogP contribution in [-0.4, -0.2) is 4.98 Å². The molecule has 0 aliphatic heterocycles. The van der Waals surface area contributed by atoms with Gasteiger partial charge in [0.15, 0.2) is 0 Å². The Morgan fingerprint density at radius 2 is 1.09 bits per heavy atom. The van der Waals surface area contributed by atoms with Crippen LogP contribution < -0.4 is 4.90 Å². The summed E-state index contributed by atoms with van der Waals surface area (Å²) in [5, 5.41) is 4.94. The molecule has 1 aliphatic carbocycles. The number of nitrogens with zero attached hydrogens (tertiary/aromatic N) is 1. The first kappa shape index (κ1) is 33.2. The van der Waals surface area contributed by atoms with Crippen molar-refractivity contribution in [1.29, 1.82) is 0 Å². The third kappa shape index (κ3) is 5.18. The molecule has 0 radical (unpaired) electrons. The van der Waals surface area contributed by atoms with Crippen LogP contribution in [0.1, 0.15) is 22.3 Å². The van der Waals surface area contributed by atoms with Crippen LogP contribution in [0.3, 0.4) is 0 Å². The third-order valence-electron chi connectivity index (χ3n) is 12.2. The summed E-state index contributed by atoms with van der Waals surface area (Å²) in [6, 6.07) is 68.7. The van der Waals surface area contributed by atoms with E-state index in [9.17, 15) is 0 Å². The Morgan fingerprint density at radius 3 is 1.88 bits per heavy atom. The number of aromatic nitrogens is 1. The maximum atomic E-state index is 3.99. The fraction of sp³-hybridized carbons (Fsp3) is 0.0545. The number of rotatable bonds is 6. The SMILES string of the molecule is Cc1c(C)c(N(c2ccccc2)c2cccc3ccccc23)c2c(c1-c1c(-c3ccccc3)c(-c3ccccc3)cc3c1[nH]c1ccccc13)-c1ccccc1C2. The number of anilines is 3. The van der Waals surface area contributed by atoms with E-state index in [4.69, 9.17) is 0 Å². The molecule has 0 unspecified atom stereocenters. The van der Waals surface area contributed by atoms with Crippen LogP contribution in [0.2, 0.25) is 0 Å². The van der Waals surface area contributed by atoms with Gasteiger partial charge in [0, 0.05) is 39.3 Å². The van der Waals surface area contributed by atoms with Gasteiger partial charge in [0.1, 0.15) is 0 Å². The van der Waals surface area contributed by atoms with Crippen LogP contribution in [-0.2, 0) is 6.42 Å². The second kappa shape index (κ2) is 13.3. The maximum Gasteiger partial charge on any atom is 0.0551 e. The van der Waals surface area contributed by atoms with Crippen molar-refractivity contribution in [1.82, 2.24) is 4.98 Å². The summed E-state index contributed by atoms with van der Waals surface area (Å²) in [6.45, 7) is 4.71. The van der Waals surface area contributed by atoms with Gasteiger partial charge in [-0.25, -0.2) is 0 Å². The molecule has 0 atom stereocenters. The summed E-state index contributed by atoms with van der Waals surface area (Å²) in [6.07, 6.45) is 0.845. The number of para-hydroxylation sites is 2. The van der Waals surface area contributed by atoms with Crippen molar-refractivity contribution in [3.8, 4) is 44.5 Å². The van der Waals surface area contributed by atoms with Crippen molar-refractivity contribution in [2.24, 2.45) is 0 Å². The highest BCUT2D eigenvalue weighted by Gasteiger charge is 2.34. The van der Waals surface area contributed by atoms with Gasteiger partial charge in [0.25, 0.3) is 0 Å². The predicted molar refractivity (Wildman–Crippen MR) is 242 cm³/mol. The summed E-state index contributed by atoms with van der Waals surface area (Å²) in [4.78, 5) is 6.53. The second-order valence-corrected chi connectivity index (χ2v) is 15.3. The van der Waals surface area contributed by atoms with Crippen LogP contribution in [0.4, 0.5) is 17.1 Å². The lowest BCUT2D eigenvalue weighted by molar-refractivity contribution is 1.17. The monoisotopic (exact) mass is 728 g/mol. The van der Waals surface area contributed by atoms with E-state index in [2.05, 4.69) is 212 Å². The molecule has 0 saturated carbocycles. The fourth-order valence-electron chi connectivity index (χ4n) is 9.60. The van der Waals surface area contributed by atoms with Crippen LogP contribution in [0.15, 0.2) is 188 Å². The van der Waals surface area contributed by atoms with Gasteiger partial charge in [0.2, 0.25) is 0 Å². The van der Waals surface area contributed by atoms with E-state index in [0.29, 0.717) is 0 Å². The van der Waals surface area contributed by atoms with E-state index >= 15 is 0 Å². The van der Waals surface area contributed by atoms with E-state index in [1.54, 1.807) is 0 Å². The number of hydrogen-bond acceptors (Lipinski definition) is 1. The zero-order valence-corrected chi connectivity index (χ0v) is 32.1. The van der Waals surface area contributed by atoms with Crippen LogP contribution in [0.25, 0.3) is 77.1 Å². The molecule has 0 spiro atoms. The molecular formula is C55H40N2. The lowest BCUT2D eigenvalue weighted by Crippen LogP contribution is -2.15. The molecule has 1 heterocycles. The molecule has 2 nitrogen and oxygen atoms in total. The molecule has 10 aromatic rings. The topological polar surface area (TPSA) is 19.0 Å². The van der Waals surface area contributed by atoms with Gasteiger partial charge >= 0.3 is 0 Å². The van der Waals surface area contributed by atoms with Crippen LogP contribution in [0.5, 0.6) is 0 Å². The van der Waals surface area contributed by atoms with Crippen molar-refractivity contribution in [3.05, 3.63) is 210 Å². The highest BCUT2D eigenvalue weighted by molar-refractivity contribution is 6.20. The summed E-state index contributed by atoms with van der Waals surface area (Å²) in [5.74, 6) is 0. The smallest absolute Gasteiger partial charge is 0.0551 e. The minimum Gasteiger partial charge on any atom is -0.354 e. The Bertz CT molecular complexity index is 3150. The number of benzene rings is 9. The second-order valence-electron chi connectivity index (χ2n) is 15.3. The van der Waals surface area contributed by atoms with Crippen molar-refractivity contribution in [3.63, 3.8) is 0 Å². The highest BCUT2D eigenvalue weighted by Crippen LogP contribution is 2.57. The highest BCUT2D eigenvalue weighted by atomic mass is 15.1. The van der Waals surface area contributed by atoms with Gasteiger partial charge in [-0.3, -0.25) is 0 Å². The van der Waals surface area contributed by atoms with Crippen LogP contribution in [0, 0.1) is 13.8 Å². The molecule has 0 bridgehead atoms. The average Bonchev–Trinajstić information content (AvgIpc) is 3.84. The van der Waals surface area contributed by atoms with Crippen LogP contribution >= 0.6 is 0 Å². The van der Waals surface area contributed by atoms with Gasteiger partial charge in [-0.1, -0.05) is 158 Å². The zero-order chi connectivity index (χ0) is 38.0. The Morgan fingerprint density at radius 1 is 0.456 bits per heavy atom. The number of aromatic amines is 1. The number of H-pyrrole nitrogens is 1. The molecule has 1 aliphatic rings. The van der Waals surface area contributed by atoms with Gasteiger partial charge in [-0.05, 0) is 111 Å². The largest absolute Gasteiger partial charge is 0.354 e. The summed E-state index contributed by atoms with van der Waals surface area (Å²) in [5.41, 5.74) is 21.3. The van der Waals surface area contributed by atoms with Crippen molar-refractivity contribution in [2.45, 2.75) is 20.3 Å². The van der Waals surface area contributed by atoms with Crippen molar-refractivity contribution < 1.29 is 0 Å². The normalized spacial score (nSPS) is 12.0. The quantitative estimate of drug-likeness (QED) is 0.181. The van der Waals surface area contributed by atoms with Gasteiger partial charge in [-0.2, -0.15) is 0 Å². The van der Waals surface area contributed by atoms with Gasteiger partial charge in [-0.15, -0.1) is 0 Å². The fourth-order valence-corrected chi connectivity index (χ4v) is 9.60. The molecule has 270 valence electrons. The summed E-state index contributed by atoms with van der Waals surface area (Å²) < 4.78 is 0. The number of hydrogen-bond donors (Lipinski definition) is 1. The maximum absolute atomic E-state index is 3.99. The van der Waals surface area contributed by atoms with E-state index in [0.717, 1.165) is 17.6 Å². The van der Waals surface area contributed by atoms with Gasteiger partial charge in [0.05, 0.1) is 16.9 Å². The zero-order valence-electron chi connectivity index (χ0n) is 32.1. The average molecular weight is 729 g/mol. The van der Waals surface area contributed by atoms with E-state index in [1.165, 1.54) is 105 Å². The molecular weight excluding hydrogens is 689 g/mol. The third-order valence-corrected chi connectivity index (χ3v) is 12.2. The van der Waals surface area contributed by atoms with Crippen molar-refractivity contribution in [2.75, 3.05) is 4.90 Å². The first-order chi connectivity index (χ1) is 28.2. The minimum atomic E-state index is 0.845. The molecule has 57 heavy (non-hydrogen) atoms. The van der Waals surface area contributed by atoms with E-state index in [1.807, 2.05) is 0 Å². The first-order valence-electron chi connectivity index (χ1n) is 19.9. The van der Waals surface area contributed by atoms with Gasteiger partial charge < -0.3 is 9.88 Å². The Kier molecular flexibility index (Phi) is 7.72. The lowest BCUT2D eigenvalue weighted by Gasteiger charge is -2.33. The molecule has 0 fully saturated rings. The number of nitrogens with one attached hydrogen (secondary N) is 1. The molecule has 0 amide bonds. The van der Waals surface area contributed by atoms with Crippen molar-refractivity contribution >= 4 is 49.6 Å². The van der Waals surface area contributed by atoms with E-state index in [-0.39, 0.29) is 0 Å². The molecule has 2 heteroatoms. The molecule has 11 rings (SSSR count). The molecule has 1 aromatic heterocycles. The molecule has 0 saturated heterocycles. The minimum absolute atomic E-state index is 0.845. The Balaban J connectivity index is 1.33. The standard InChI is InChI=1S/C55H40N2/c1-35-36(2)55(57(41-26-10-5-11-27-41)49-32-18-25-37-21-12-14-28-42(37)49)47-33-40-24-13-15-29-43(40)52(47)50(35)53-51(39-22-8-4-9-23-39)45(38-19-6-3-7-20-38)34-46-44-30-16-17-31-48(44)56-54(46)53/h3-32,34,56H,33H2,1-2H3. The lowest BCUT2D eigenvalue weighted by atomic mass is 9.79. The van der Waals surface area contributed by atoms with E-state index < -0.39 is 0 Å². The molecule has 1 N–H and O–H groups in total. The Hall–Kier alpha value is -7.16.